The van der Waals surface area contributed by atoms with Gasteiger partial charge in [-0.05, 0) is 58.7 Å². The molecule has 2 aliphatic heterocycles. The molecule has 0 radical (unpaired) electrons. The Morgan fingerprint density at radius 1 is 1.03 bits per heavy atom. The molecule has 170 valence electrons. The maximum absolute atomic E-state index is 9.46. The number of halogens is 2. The minimum atomic E-state index is -0.963. The highest BCUT2D eigenvalue weighted by atomic mass is 35.5. The minimum Gasteiger partial charge on any atom is -0.497 e. The van der Waals surface area contributed by atoms with Crippen LogP contribution in [0.25, 0.3) is 11.1 Å². The fourth-order valence-corrected chi connectivity index (χ4v) is 5.08. The summed E-state index contributed by atoms with van der Waals surface area (Å²) in [4.78, 5) is 11.7. The van der Waals surface area contributed by atoms with Gasteiger partial charge in [-0.3, -0.25) is 9.89 Å². The van der Waals surface area contributed by atoms with Crippen LogP contribution in [0.4, 0.5) is 0 Å². The van der Waals surface area contributed by atoms with Crippen molar-refractivity contribution in [3.63, 3.8) is 0 Å². The zero-order chi connectivity index (χ0) is 23.9. The molecule has 0 spiro atoms. The summed E-state index contributed by atoms with van der Waals surface area (Å²) < 4.78 is 5.36. The highest BCUT2D eigenvalue weighted by molar-refractivity contribution is 6.35. The molecule has 0 amide bonds. The van der Waals surface area contributed by atoms with Gasteiger partial charge in [-0.1, -0.05) is 53.5 Å². The van der Waals surface area contributed by atoms with Crippen molar-refractivity contribution in [2.75, 3.05) is 20.2 Å². The molecule has 2 atom stereocenters. The molecule has 2 unspecified atom stereocenters. The minimum absolute atomic E-state index is 0.246. The number of guanidine groups is 1. The van der Waals surface area contributed by atoms with E-state index in [1.165, 1.54) is 0 Å². The van der Waals surface area contributed by atoms with Gasteiger partial charge in [0.15, 0.2) is 11.5 Å². The van der Waals surface area contributed by atoms with Crippen molar-refractivity contribution < 1.29 is 4.74 Å². The largest absolute Gasteiger partial charge is 0.497 e. The molecule has 8 heteroatoms. The molecule has 34 heavy (non-hydrogen) atoms. The Morgan fingerprint density at radius 2 is 1.76 bits per heavy atom. The Kier molecular flexibility index (Phi) is 5.68. The van der Waals surface area contributed by atoms with Crippen molar-refractivity contribution in [2.24, 2.45) is 21.6 Å². The van der Waals surface area contributed by atoms with E-state index in [1.807, 2.05) is 59.5 Å². The van der Waals surface area contributed by atoms with Crippen LogP contribution in [-0.4, -0.2) is 36.9 Å². The lowest BCUT2D eigenvalue weighted by atomic mass is 9.80. The second kappa shape index (κ2) is 8.68. The molecule has 6 nitrogen and oxygen atoms in total. The Hall–Kier alpha value is -3.53. The van der Waals surface area contributed by atoms with E-state index in [-0.39, 0.29) is 5.92 Å². The van der Waals surface area contributed by atoms with E-state index in [4.69, 9.17) is 43.7 Å². The number of nitrogens with zero attached hydrogens (tertiary/aromatic N) is 4. The molecule has 2 heterocycles. The molecule has 0 saturated carbocycles. The first kappa shape index (κ1) is 22.3. The number of methoxy groups -OCH3 is 1. The van der Waals surface area contributed by atoms with Gasteiger partial charge in [0, 0.05) is 16.6 Å². The van der Waals surface area contributed by atoms with E-state index in [0.29, 0.717) is 34.9 Å². The second-order valence-electron chi connectivity index (χ2n) is 8.25. The zero-order valence-corrected chi connectivity index (χ0v) is 19.9. The number of nitriles is 1. The summed E-state index contributed by atoms with van der Waals surface area (Å²) in [6.45, 7) is 0.846. The van der Waals surface area contributed by atoms with E-state index in [0.717, 1.165) is 28.0 Å². The average Bonchev–Trinajstić information content (AvgIpc) is 3.16. The summed E-state index contributed by atoms with van der Waals surface area (Å²) >= 11 is 12.5. The SMILES string of the molecule is COc1ccc(C2(c3cccc(-c4cc(Cl)cc(Cl)c4)c3)N=C(N)N3CC(C#N)CN=C32)cc1. The Bertz CT molecular complexity index is 1340. The Balaban J connectivity index is 1.72. The van der Waals surface area contributed by atoms with Gasteiger partial charge in [-0.2, -0.15) is 5.26 Å². The quantitative estimate of drug-likeness (QED) is 0.552. The smallest absolute Gasteiger partial charge is 0.198 e. The number of ether oxygens (including phenoxy) is 1. The lowest BCUT2D eigenvalue weighted by Crippen LogP contribution is -2.48. The van der Waals surface area contributed by atoms with Gasteiger partial charge in [-0.15, -0.1) is 0 Å². The zero-order valence-electron chi connectivity index (χ0n) is 18.4. The third-order valence-corrected chi connectivity index (χ3v) is 6.61. The van der Waals surface area contributed by atoms with Gasteiger partial charge in [-0.25, -0.2) is 4.99 Å². The predicted molar refractivity (Wildman–Crippen MR) is 135 cm³/mol. The van der Waals surface area contributed by atoms with Crippen LogP contribution in [0, 0.1) is 17.2 Å². The molecule has 0 aliphatic carbocycles. The molecule has 0 fully saturated rings. The molecule has 3 aromatic carbocycles. The van der Waals surface area contributed by atoms with Crippen LogP contribution in [0.3, 0.4) is 0 Å². The van der Waals surface area contributed by atoms with E-state index in [2.05, 4.69) is 12.1 Å². The van der Waals surface area contributed by atoms with Crippen molar-refractivity contribution >= 4 is 35.0 Å². The molecule has 0 saturated heterocycles. The molecule has 2 aliphatic rings. The van der Waals surface area contributed by atoms with Crippen LogP contribution in [0.15, 0.2) is 76.7 Å². The summed E-state index contributed by atoms with van der Waals surface area (Å²) in [7, 11) is 1.63. The first-order valence-electron chi connectivity index (χ1n) is 10.7. The van der Waals surface area contributed by atoms with E-state index in [9.17, 15) is 5.26 Å². The van der Waals surface area contributed by atoms with E-state index >= 15 is 0 Å². The van der Waals surface area contributed by atoms with Crippen LogP contribution in [0.2, 0.25) is 10.0 Å². The number of fused-ring (bicyclic) bond motifs is 1. The highest BCUT2D eigenvalue weighted by Gasteiger charge is 2.50. The third-order valence-electron chi connectivity index (χ3n) is 6.17. The molecule has 3 aromatic rings. The van der Waals surface area contributed by atoms with Crippen LogP contribution in [0.1, 0.15) is 11.1 Å². The van der Waals surface area contributed by atoms with Gasteiger partial charge in [0.1, 0.15) is 11.6 Å². The molecule has 0 bridgehead atoms. The summed E-state index contributed by atoms with van der Waals surface area (Å²) in [6, 6.07) is 23.5. The lowest BCUT2D eigenvalue weighted by Gasteiger charge is -2.34. The first-order chi connectivity index (χ1) is 16.4. The van der Waals surface area contributed by atoms with Crippen molar-refractivity contribution in [1.29, 1.82) is 5.26 Å². The van der Waals surface area contributed by atoms with Crippen molar-refractivity contribution in [3.05, 3.63) is 87.9 Å². The number of rotatable bonds is 4. The molecule has 5 rings (SSSR count). The predicted octanol–water partition coefficient (Wildman–Crippen LogP) is 5.09. The third kappa shape index (κ3) is 3.67. The van der Waals surface area contributed by atoms with E-state index < -0.39 is 5.54 Å². The number of amidine groups is 1. The number of hydrogen-bond donors (Lipinski definition) is 1. The molecule has 2 N–H and O–H groups in total. The molecular weight excluding hydrogens is 469 g/mol. The highest BCUT2D eigenvalue weighted by Crippen LogP contribution is 2.43. The Morgan fingerprint density at radius 3 is 2.44 bits per heavy atom. The number of benzene rings is 3. The number of aliphatic imine (C=N–C) groups is 2. The maximum atomic E-state index is 9.46. The lowest BCUT2D eigenvalue weighted by molar-refractivity contribution is 0.414. The van der Waals surface area contributed by atoms with Crippen molar-refractivity contribution in [2.45, 2.75) is 5.54 Å². The van der Waals surface area contributed by atoms with Crippen LogP contribution in [0.5, 0.6) is 5.75 Å². The number of hydrogen-bond acceptors (Lipinski definition) is 6. The van der Waals surface area contributed by atoms with Gasteiger partial charge in [0.25, 0.3) is 0 Å². The summed E-state index contributed by atoms with van der Waals surface area (Å²) in [5.74, 6) is 1.54. The van der Waals surface area contributed by atoms with Crippen molar-refractivity contribution in [1.82, 2.24) is 4.90 Å². The van der Waals surface area contributed by atoms with Gasteiger partial charge < -0.3 is 10.5 Å². The topological polar surface area (TPSA) is 87.0 Å². The molecule has 0 aromatic heterocycles. The second-order valence-corrected chi connectivity index (χ2v) is 9.12. The number of nitrogens with two attached hydrogens (primary N) is 1. The van der Waals surface area contributed by atoms with Gasteiger partial charge in [0.2, 0.25) is 0 Å². The molecular formula is C26H21Cl2N5O. The average molecular weight is 490 g/mol. The summed E-state index contributed by atoms with van der Waals surface area (Å²) in [5, 5.41) is 10.6. The normalized spacial score (nSPS) is 21.4. The Labute approximate surface area is 207 Å². The van der Waals surface area contributed by atoms with Gasteiger partial charge >= 0.3 is 0 Å². The van der Waals surface area contributed by atoms with Crippen LogP contribution < -0.4 is 10.5 Å². The summed E-state index contributed by atoms with van der Waals surface area (Å²) in [5.41, 5.74) is 9.09. The van der Waals surface area contributed by atoms with Gasteiger partial charge in [0.05, 0.1) is 25.6 Å². The van der Waals surface area contributed by atoms with Crippen LogP contribution >= 0.6 is 23.2 Å². The van der Waals surface area contributed by atoms with E-state index in [1.54, 1.807) is 13.2 Å². The fourth-order valence-electron chi connectivity index (χ4n) is 4.55. The standard InChI is InChI=1S/C26H21Cl2N5O/c1-34-23-7-5-19(6-8-23)26(24-31-14-16(13-29)15-33(24)25(30)32-26)20-4-2-3-17(9-20)18-10-21(27)12-22(28)11-18/h2-12,16H,14-15H2,1H3,(H2,30,32). The monoisotopic (exact) mass is 489 g/mol. The van der Waals surface area contributed by atoms with Crippen molar-refractivity contribution in [3.8, 4) is 22.9 Å². The fraction of sp³-hybridized carbons (Fsp3) is 0.192. The first-order valence-corrected chi connectivity index (χ1v) is 11.5. The maximum Gasteiger partial charge on any atom is 0.198 e. The van der Waals surface area contributed by atoms with Crippen LogP contribution in [-0.2, 0) is 5.54 Å². The summed E-state index contributed by atoms with van der Waals surface area (Å²) in [6.07, 6.45) is 0.